The Kier molecular flexibility index (Phi) is 5.49. The fourth-order valence-electron chi connectivity index (χ4n) is 1.83. The third-order valence-corrected chi connectivity index (χ3v) is 2.98. The molecule has 1 aromatic rings. The standard InChI is InChI=1S/C14H21NO3/c1-5-10(6-2)15-14(16)13-11(17-3)8-7-9-12(13)18-4/h7-10H,5-6H2,1-4H3,(H,15,16). The first-order chi connectivity index (χ1) is 8.67. The van der Waals surface area contributed by atoms with E-state index < -0.39 is 0 Å². The molecular formula is C14H21NO3. The Bertz CT molecular complexity index is 378. The first kappa shape index (κ1) is 14.4. The van der Waals surface area contributed by atoms with E-state index in [9.17, 15) is 4.79 Å². The fraction of sp³-hybridized carbons (Fsp3) is 0.500. The van der Waals surface area contributed by atoms with Crippen LogP contribution in [0.15, 0.2) is 18.2 Å². The van der Waals surface area contributed by atoms with Gasteiger partial charge in [-0.2, -0.15) is 0 Å². The third-order valence-electron chi connectivity index (χ3n) is 2.98. The van der Waals surface area contributed by atoms with Gasteiger partial charge in [-0.15, -0.1) is 0 Å². The molecule has 0 atom stereocenters. The summed E-state index contributed by atoms with van der Waals surface area (Å²) in [5, 5.41) is 2.98. The highest BCUT2D eigenvalue weighted by atomic mass is 16.5. The number of carbonyl (C=O) groups excluding carboxylic acids is 1. The maximum absolute atomic E-state index is 12.3. The van der Waals surface area contributed by atoms with E-state index in [0.717, 1.165) is 12.8 Å². The maximum Gasteiger partial charge on any atom is 0.259 e. The van der Waals surface area contributed by atoms with Gasteiger partial charge in [-0.25, -0.2) is 0 Å². The van der Waals surface area contributed by atoms with E-state index in [2.05, 4.69) is 5.32 Å². The topological polar surface area (TPSA) is 47.6 Å². The second-order valence-electron chi connectivity index (χ2n) is 4.02. The second-order valence-corrected chi connectivity index (χ2v) is 4.02. The van der Waals surface area contributed by atoms with Gasteiger partial charge in [-0.1, -0.05) is 19.9 Å². The highest BCUT2D eigenvalue weighted by Gasteiger charge is 2.19. The molecule has 4 nitrogen and oxygen atoms in total. The summed E-state index contributed by atoms with van der Waals surface area (Å²) in [6, 6.07) is 5.48. The van der Waals surface area contributed by atoms with Crippen LogP contribution in [-0.2, 0) is 0 Å². The van der Waals surface area contributed by atoms with E-state index in [-0.39, 0.29) is 11.9 Å². The van der Waals surface area contributed by atoms with Crippen molar-refractivity contribution in [1.29, 1.82) is 0 Å². The van der Waals surface area contributed by atoms with Crippen LogP contribution >= 0.6 is 0 Å². The molecule has 18 heavy (non-hydrogen) atoms. The molecule has 0 saturated carbocycles. The molecule has 0 fully saturated rings. The van der Waals surface area contributed by atoms with E-state index in [1.54, 1.807) is 32.4 Å². The SMILES string of the molecule is CCC(CC)NC(=O)c1c(OC)cccc1OC. The Morgan fingerprint density at radius 2 is 1.67 bits per heavy atom. The van der Waals surface area contributed by atoms with Crippen LogP contribution in [-0.4, -0.2) is 26.2 Å². The quantitative estimate of drug-likeness (QED) is 0.845. The van der Waals surface area contributed by atoms with Crippen LogP contribution in [0.1, 0.15) is 37.0 Å². The average Bonchev–Trinajstić information content (AvgIpc) is 2.43. The molecule has 1 amide bonds. The minimum absolute atomic E-state index is 0.155. The Hall–Kier alpha value is -1.71. The van der Waals surface area contributed by atoms with Gasteiger partial charge in [0.15, 0.2) is 0 Å². The second kappa shape index (κ2) is 6.89. The number of rotatable bonds is 6. The van der Waals surface area contributed by atoms with Gasteiger partial charge in [0, 0.05) is 6.04 Å². The molecule has 0 bridgehead atoms. The Labute approximate surface area is 108 Å². The van der Waals surface area contributed by atoms with Gasteiger partial charge >= 0.3 is 0 Å². The van der Waals surface area contributed by atoms with Gasteiger partial charge in [0.2, 0.25) is 0 Å². The minimum atomic E-state index is -0.155. The molecule has 0 aliphatic rings. The van der Waals surface area contributed by atoms with Gasteiger partial charge in [0.05, 0.1) is 14.2 Å². The largest absolute Gasteiger partial charge is 0.496 e. The summed E-state index contributed by atoms with van der Waals surface area (Å²) in [5.74, 6) is 0.897. The molecule has 1 N–H and O–H groups in total. The molecule has 4 heteroatoms. The average molecular weight is 251 g/mol. The van der Waals surface area contributed by atoms with Crippen LogP contribution < -0.4 is 14.8 Å². The highest BCUT2D eigenvalue weighted by molar-refractivity contribution is 5.99. The third kappa shape index (κ3) is 3.15. The summed E-state index contributed by atoms with van der Waals surface area (Å²) >= 11 is 0. The molecule has 0 aliphatic carbocycles. The summed E-state index contributed by atoms with van der Waals surface area (Å²) in [6.45, 7) is 4.10. The zero-order valence-electron chi connectivity index (χ0n) is 11.4. The summed E-state index contributed by atoms with van der Waals surface area (Å²) in [6.07, 6.45) is 1.80. The lowest BCUT2D eigenvalue weighted by Gasteiger charge is -2.17. The number of hydrogen-bond acceptors (Lipinski definition) is 3. The molecule has 0 unspecified atom stereocenters. The number of carbonyl (C=O) groups is 1. The van der Waals surface area contributed by atoms with Gasteiger partial charge in [0.1, 0.15) is 17.1 Å². The lowest BCUT2D eigenvalue weighted by Crippen LogP contribution is -2.34. The molecule has 1 rings (SSSR count). The van der Waals surface area contributed by atoms with Crippen molar-refractivity contribution in [3.8, 4) is 11.5 Å². The van der Waals surface area contributed by atoms with Gasteiger partial charge in [-0.3, -0.25) is 4.79 Å². The van der Waals surface area contributed by atoms with Crippen molar-refractivity contribution in [3.63, 3.8) is 0 Å². The summed E-state index contributed by atoms with van der Waals surface area (Å²) in [4.78, 5) is 12.3. The number of benzene rings is 1. The first-order valence-corrected chi connectivity index (χ1v) is 6.19. The van der Waals surface area contributed by atoms with Crippen LogP contribution in [0.25, 0.3) is 0 Å². The zero-order valence-corrected chi connectivity index (χ0v) is 11.4. The van der Waals surface area contributed by atoms with E-state index in [1.807, 2.05) is 13.8 Å². The highest BCUT2D eigenvalue weighted by Crippen LogP contribution is 2.28. The Morgan fingerprint density at radius 3 is 2.06 bits per heavy atom. The Morgan fingerprint density at radius 1 is 1.17 bits per heavy atom. The van der Waals surface area contributed by atoms with Crippen molar-refractivity contribution in [3.05, 3.63) is 23.8 Å². The van der Waals surface area contributed by atoms with Crippen LogP contribution in [0.3, 0.4) is 0 Å². The number of amides is 1. The van der Waals surface area contributed by atoms with E-state index in [1.165, 1.54) is 0 Å². The lowest BCUT2D eigenvalue weighted by molar-refractivity contribution is 0.0928. The molecular weight excluding hydrogens is 230 g/mol. The van der Waals surface area contributed by atoms with Crippen LogP contribution in [0.2, 0.25) is 0 Å². The molecule has 1 aromatic carbocycles. The number of hydrogen-bond donors (Lipinski definition) is 1. The molecule has 0 aliphatic heterocycles. The fourth-order valence-corrected chi connectivity index (χ4v) is 1.83. The minimum Gasteiger partial charge on any atom is -0.496 e. The maximum atomic E-state index is 12.3. The number of nitrogens with one attached hydrogen (secondary N) is 1. The molecule has 0 aromatic heterocycles. The number of ether oxygens (including phenoxy) is 2. The monoisotopic (exact) mass is 251 g/mol. The first-order valence-electron chi connectivity index (χ1n) is 6.19. The van der Waals surface area contributed by atoms with Crippen molar-refractivity contribution < 1.29 is 14.3 Å². The molecule has 0 radical (unpaired) electrons. The summed E-state index contributed by atoms with van der Waals surface area (Å²) in [7, 11) is 3.09. The van der Waals surface area contributed by atoms with Gasteiger partial charge in [0.25, 0.3) is 5.91 Å². The predicted octanol–water partition coefficient (Wildman–Crippen LogP) is 2.62. The smallest absolute Gasteiger partial charge is 0.259 e. The van der Waals surface area contributed by atoms with Crippen LogP contribution in [0.5, 0.6) is 11.5 Å². The molecule has 0 spiro atoms. The van der Waals surface area contributed by atoms with E-state index in [0.29, 0.717) is 17.1 Å². The van der Waals surface area contributed by atoms with Crippen molar-refractivity contribution in [2.75, 3.05) is 14.2 Å². The zero-order chi connectivity index (χ0) is 13.5. The molecule has 0 heterocycles. The normalized spacial score (nSPS) is 10.3. The molecule has 0 saturated heterocycles. The van der Waals surface area contributed by atoms with Crippen LogP contribution in [0, 0.1) is 0 Å². The van der Waals surface area contributed by atoms with Gasteiger partial charge < -0.3 is 14.8 Å². The summed E-state index contributed by atoms with van der Waals surface area (Å²) < 4.78 is 10.4. The van der Waals surface area contributed by atoms with Gasteiger partial charge in [-0.05, 0) is 25.0 Å². The van der Waals surface area contributed by atoms with Crippen molar-refractivity contribution in [2.24, 2.45) is 0 Å². The van der Waals surface area contributed by atoms with Crippen molar-refractivity contribution >= 4 is 5.91 Å². The van der Waals surface area contributed by atoms with Crippen molar-refractivity contribution in [1.82, 2.24) is 5.32 Å². The molecule has 100 valence electrons. The van der Waals surface area contributed by atoms with E-state index in [4.69, 9.17) is 9.47 Å². The van der Waals surface area contributed by atoms with Crippen LogP contribution in [0.4, 0.5) is 0 Å². The van der Waals surface area contributed by atoms with E-state index >= 15 is 0 Å². The predicted molar refractivity (Wildman–Crippen MR) is 71.4 cm³/mol. The van der Waals surface area contributed by atoms with Crippen molar-refractivity contribution in [2.45, 2.75) is 32.7 Å². The number of methoxy groups -OCH3 is 2. The Balaban J connectivity index is 3.03. The summed E-state index contributed by atoms with van der Waals surface area (Å²) in [5.41, 5.74) is 0.453. The lowest BCUT2D eigenvalue weighted by atomic mass is 10.1.